The van der Waals surface area contributed by atoms with Gasteiger partial charge in [-0.25, -0.2) is 9.59 Å². The van der Waals surface area contributed by atoms with Crippen LogP contribution < -0.4 is 21.7 Å². The predicted molar refractivity (Wildman–Crippen MR) is 369 cm³/mol. The van der Waals surface area contributed by atoms with Crippen molar-refractivity contribution in [2.24, 2.45) is 53.1 Å². The molecule has 0 bridgehead atoms. The topological polar surface area (TPSA) is 311 Å². The van der Waals surface area contributed by atoms with Gasteiger partial charge in [0.15, 0.2) is 10.8 Å². The standard InChI is InChI=1S/C37H51N7O8.C36H60N2O6/c1-23(2)31(20-30(46)17-19-51-21-26-11-15-29(43-39)16-12-26)34(47)42-36(49)40-18-7-8-32(38)35(48)41-28-13-9-27(10-14-28)22-52-37(50)44(6)33(24(3)4)25(5)45;1-11-24(5)33(37(8)36(42)28(12-2)23(3)4)31(43-9)22-32(40)38-20-16-19-29(38)35(44-10)26(7)30(39)21-25(6)34(41)27-17-14-13-15-18-27/h9-16,23-24,31-33H,7-8,17-22,38H2,1-6H3,(H2-,40,41,42,47,48,49);13-15,17-18,23-26,28-29,31,33-35,41H,11-12,16,19-22H2,1-10H3/p+1/t31-,32?,33-;24-,25-,26-,28-,29-,31?,33-,34+,35+/m00/s1. The number of carbonyl (C=O) groups is 9. The van der Waals surface area contributed by atoms with Crippen molar-refractivity contribution in [1.82, 2.24) is 25.3 Å². The lowest BCUT2D eigenvalue weighted by atomic mass is 9.85. The van der Waals surface area contributed by atoms with E-state index in [-0.39, 0.29) is 135 Å². The van der Waals surface area contributed by atoms with Crippen molar-refractivity contribution < 1.29 is 67.2 Å². The van der Waals surface area contributed by atoms with E-state index in [0.29, 0.717) is 29.9 Å². The van der Waals surface area contributed by atoms with Gasteiger partial charge in [-0.3, -0.25) is 38.9 Å². The molecule has 12 atom stereocenters. The van der Waals surface area contributed by atoms with Crippen LogP contribution in [0.4, 0.5) is 21.0 Å². The number of aliphatic hydroxyl groups excluding tert-OH is 1. The number of rotatable bonds is 38. The normalized spacial score (nSPS) is 16.4. The second-order valence-corrected chi connectivity index (χ2v) is 26.7. The van der Waals surface area contributed by atoms with E-state index in [9.17, 15) is 48.3 Å². The number of likely N-dealkylation sites (N-methyl/N-ethyl adjacent to an activating group) is 2. The molecule has 0 saturated carbocycles. The number of aliphatic hydroxyl groups is 1. The Morgan fingerprint density at radius 3 is 1.91 bits per heavy atom. The highest BCUT2D eigenvalue weighted by molar-refractivity contribution is 5.97. The Kier molecular flexibility index (Phi) is 36.4. The molecule has 1 aliphatic heterocycles. The van der Waals surface area contributed by atoms with Gasteiger partial charge in [0.1, 0.15) is 18.2 Å². The number of likely N-dealkylation sites (tertiary alicyclic amines) is 1. The lowest BCUT2D eigenvalue weighted by molar-refractivity contribution is -0.148. The second kappa shape index (κ2) is 42.2. The zero-order valence-corrected chi connectivity index (χ0v) is 59.8. The van der Waals surface area contributed by atoms with Crippen LogP contribution in [-0.2, 0) is 65.7 Å². The van der Waals surface area contributed by atoms with E-state index in [2.05, 4.69) is 48.6 Å². The van der Waals surface area contributed by atoms with Crippen molar-refractivity contribution in [2.45, 2.75) is 203 Å². The van der Waals surface area contributed by atoms with Gasteiger partial charge in [-0.2, -0.15) is 0 Å². The molecule has 6 N–H and O–H groups in total. The van der Waals surface area contributed by atoms with Crippen LogP contribution in [0.25, 0.3) is 4.98 Å². The summed E-state index contributed by atoms with van der Waals surface area (Å²) in [4.78, 5) is 124. The fourth-order valence-electron chi connectivity index (χ4n) is 12.5. The Hall–Kier alpha value is -7.49. The number of hydrogen-bond donors (Lipinski definition) is 5. The van der Waals surface area contributed by atoms with Gasteiger partial charge in [0.2, 0.25) is 29.0 Å². The molecule has 0 radical (unpaired) electrons. The largest absolute Gasteiger partial charge is 0.445 e. The van der Waals surface area contributed by atoms with Gasteiger partial charge in [-0.1, -0.05) is 125 Å². The summed E-state index contributed by atoms with van der Waals surface area (Å²) < 4.78 is 22.8. The maximum atomic E-state index is 13.9. The van der Waals surface area contributed by atoms with Crippen LogP contribution in [0, 0.1) is 52.7 Å². The van der Waals surface area contributed by atoms with Crippen molar-refractivity contribution in [3.05, 3.63) is 101 Å². The van der Waals surface area contributed by atoms with Crippen molar-refractivity contribution in [3.8, 4) is 0 Å². The molecule has 23 nitrogen and oxygen atoms in total. The summed E-state index contributed by atoms with van der Waals surface area (Å²) in [6.45, 7) is 24.1. The molecule has 4 rings (SSSR count). The molecule has 23 heteroatoms. The number of nitrogens with one attached hydrogen (secondary N) is 3. The number of hydrogen-bond acceptors (Lipinski definition) is 16. The van der Waals surface area contributed by atoms with Crippen molar-refractivity contribution in [3.63, 3.8) is 0 Å². The van der Waals surface area contributed by atoms with Crippen molar-refractivity contribution in [1.29, 1.82) is 5.39 Å². The number of Topliss-reactive ketones (excluding diaryl/α,β-unsaturated/α-hetero) is 3. The van der Waals surface area contributed by atoms with E-state index in [4.69, 9.17) is 30.1 Å². The molecule has 0 aliphatic carbocycles. The summed E-state index contributed by atoms with van der Waals surface area (Å²) in [6.07, 6.45) is 2.00. The average molecular weight is 1340 g/mol. The van der Waals surface area contributed by atoms with Crippen LogP contribution in [-0.4, -0.2) is 157 Å². The van der Waals surface area contributed by atoms with E-state index >= 15 is 0 Å². The van der Waals surface area contributed by atoms with Gasteiger partial charge in [0.25, 0.3) is 0 Å². The van der Waals surface area contributed by atoms with E-state index < -0.39 is 66.2 Å². The Morgan fingerprint density at radius 2 is 1.35 bits per heavy atom. The number of amides is 7. The number of nitrogens with zero attached hydrogens (tertiary/aromatic N) is 5. The number of diazo groups is 1. The molecule has 1 saturated heterocycles. The van der Waals surface area contributed by atoms with Crippen LogP contribution in [0.15, 0.2) is 78.9 Å². The minimum atomic E-state index is -0.860. The molecule has 0 aromatic heterocycles. The number of imide groups is 1. The maximum absolute atomic E-state index is 13.9. The number of ether oxygens (including phenoxy) is 4. The third kappa shape index (κ3) is 26.2. The van der Waals surface area contributed by atoms with E-state index in [1.807, 2.05) is 81.8 Å². The summed E-state index contributed by atoms with van der Waals surface area (Å²) in [5, 5.41) is 27.2. The zero-order chi connectivity index (χ0) is 71.9. The van der Waals surface area contributed by atoms with Gasteiger partial charge in [-0.05, 0) is 110 Å². The number of ketones is 3. The van der Waals surface area contributed by atoms with Gasteiger partial charge in [-0.15, -0.1) is 0 Å². The molecule has 0 spiro atoms. The van der Waals surface area contributed by atoms with Gasteiger partial charge in [0, 0.05) is 96.2 Å². The van der Waals surface area contributed by atoms with Gasteiger partial charge < -0.3 is 55.1 Å². The number of carbonyl (C=O) groups excluding carboxylic acids is 9. The third-order valence-corrected chi connectivity index (χ3v) is 18.4. The summed E-state index contributed by atoms with van der Waals surface area (Å²) in [5.74, 6) is -2.58. The highest BCUT2D eigenvalue weighted by atomic mass is 16.6. The Balaban J connectivity index is 0.000000507. The molecule has 96 heavy (non-hydrogen) atoms. The smallest absolute Gasteiger partial charge is 0.410 e. The molecule has 7 amide bonds. The van der Waals surface area contributed by atoms with E-state index in [1.54, 1.807) is 76.6 Å². The number of urea groups is 1. The summed E-state index contributed by atoms with van der Waals surface area (Å²) in [7, 11) is 6.60. The Bertz CT molecular complexity index is 2980. The van der Waals surface area contributed by atoms with Crippen LogP contribution in [0.1, 0.15) is 170 Å². The first-order valence-electron chi connectivity index (χ1n) is 34.0. The third-order valence-electron chi connectivity index (χ3n) is 18.4. The molecule has 3 aromatic rings. The Morgan fingerprint density at radius 1 is 0.740 bits per heavy atom. The lowest BCUT2D eigenvalue weighted by Crippen LogP contribution is -2.54. The number of anilines is 1. The number of benzene rings is 3. The molecule has 3 aromatic carbocycles. The number of methoxy groups -OCH3 is 2. The highest BCUT2D eigenvalue weighted by Gasteiger charge is 2.43. The summed E-state index contributed by atoms with van der Waals surface area (Å²) >= 11 is 0. The SMILES string of the molecule is CC(=O)[C@H](C(C)C)N(C)C(=O)OCc1ccc(NC(=O)C(N)CCCNC(=O)NC(=O)[C@@H](CC(=O)CCOCc2ccc([N+]#N)cc2)C(C)C)cc1.CC[C@H](C(=O)N(C)[C@H](C(CC(=O)N1CCC[C@H]1[C@H](OC)[C@@H](C)C(=O)C[C@H](C)[C@@H](O)c1ccccc1)OC)[C@@H](C)CC)C(C)C. The zero-order valence-electron chi connectivity index (χ0n) is 59.8. The molecule has 1 fully saturated rings. The summed E-state index contributed by atoms with van der Waals surface area (Å²) in [5.41, 5.74) is 9.29. The minimum absolute atomic E-state index is 0.0142. The quantitative estimate of drug-likeness (QED) is 0.0263. The fourth-order valence-corrected chi connectivity index (χ4v) is 12.5. The van der Waals surface area contributed by atoms with E-state index in [1.165, 1.54) is 18.9 Å². The first kappa shape index (κ1) is 82.7. The van der Waals surface area contributed by atoms with Crippen molar-refractivity contribution >= 4 is 64.5 Å². The second-order valence-electron chi connectivity index (χ2n) is 26.7. The first-order chi connectivity index (χ1) is 45.5. The molecule has 2 unspecified atom stereocenters. The molecular formula is C73H112N9O14+. The maximum Gasteiger partial charge on any atom is 0.410 e. The first-order valence-corrected chi connectivity index (χ1v) is 34.0. The average Bonchev–Trinajstić information content (AvgIpc) is 1.53. The van der Waals surface area contributed by atoms with Crippen LogP contribution >= 0.6 is 0 Å². The molecular weight excluding hydrogens is 1230 g/mol. The van der Waals surface area contributed by atoms with Crippen LogP contribution in [0.5, 0.6) is 0 Å². The minimum Gasteiger partial charge on any atom is -0.445 e. The van der Waals surface area contributed by atoms with E-state index in [0.717, 1.165) is 36.8 Å². The predicted octanol–water partition coefficient (Wildman–Crippen LogP) is 11.0. The van der Waals surface area contributed by atoms with Crippen molar-refractivity contribution in [2.75, 3.05) is 53.3 Å². The highest BCUT2D eigenvalue weighted by Crippen LogP contribution is 2.33. The van der Waals surface area contributed by atoms with Crippen LogP contribution in [0.2, 0.25) is 0 Å². The molecule has 1 aliphatic rings. The monoisotopic (exact) mass is 1340 g/mol. The fraction of sp³-hybridized carbons (Fsp3) is 0.630. The van der Waals surface area contributed by atoms with Gasteiger partial charge >= 0.3 is 17.8 Å². The molecule has 532 valence electrons. The van der Waals surface area contributed by atoms with Crippen LogP contribution in [0.3, 0.4) is 0 Å². The lowest BCUT2D eigenvalue weighted by Gasteiger charge is -2.40. The molecule has 1 heterocycles. The van der Waals surface area contributed by atoms with Gasteiger partial charge in [0.05, 0.1) is 62.1 Å². The Labute approximate surface area is 570 Å². The number of nitrogens with two attached hydrogens (primary N) is 1. The summed E-state index contributed by atoms with van der Waals surface area (Å²) in [6, 6.07) is 20.2.